The molecule has 198 valence electrons. The van der Waals surface area contributed by atoms with Crippen LogP contribution in [0.5, 0.6) is 0 Å². The van der Waals surface area contributed by atoms with Crippen LogP contribution in [0.4, 0.5) is 5.69 Å². The number of anilines is 1. The number of sulfonamides is 1. The van der Waals surface area contributed by atoms with Gasteiger partial charge in [-0.1, -0.05) is 65.5 Å². The van der Waals surface area contributed by atoms with Gasteiger partial charge in [-0.25, -0.2) is 8.42 Å². The fraction of sp³-hybridized carbons (Fsp3) is 0.440. The van der Waals surface area contributed by atoms with Crippen LogP contribution in [0.15, 0.2) is 40.9 Å². The molecular formula is C25H32BrCl2N3O4S. The lowest BCUT2D eigenvalue weighted by Crippen LogP contribution is -2.52. The van der Waals surface area contributed by atoms with E-state index in [1.54, 1.807) is 43.3 Å². The fourth-order valence-corrected chi connectivity index (χ4v) is 5.28. The molecule has 2 aromatic rings. The molecule has 1 atom stereocenters. The van der Waals surface area contributed by atoms with E-state index in [-0.39, 0.29) is 12.5 Å². The number of rotatable bonds is 12. The molecule has 0 aliphatic heterocycles. The van der Waals surface area contributed by atoms with Crippen LogP contribution in [0.25, 0.3) is 0 Å². The summed E-state index contributed by atoms with van der Waals surface area (Å²) >= 11 is 16.2. The molecule has 0 heterocycles. The highest BCUT2D eigenvalue weighted by Crippen LogP contribution is 2.28. The third kappa shape index (κ3) is 8.10. The summed E-state index contributed by atoms with van der Waals surface area (Å²) in [4.78, 5) is 28.2. The smallest absolute Gasteiger partial charge is 0.244 e. The van der Waals surface area contributed by atoms with Crippen LogP contribution in [-0.2, 0) is 26.2 Å². The lowest BCUT2D eigenvalue weighted by molar-refractivity contribution is -0.140. The molecule has 0 aliphatic carbocycles. The summed E-state index contributed by atoms with van der Waals surface area (Å²) in [6, 6.07) is 9.19. The van der Waals surface area contributed by atoms with E-state index in [2.05, 4.69) is 21.2 Å². The van der Waals surface area contributed by atoms with E-state index in [1.807, 2.05) is 13.8 Å². The number of nitrogens with zero attached hydrogens (tertiary/aromatic N) is 2. The molecule has 0 saturated carbocycles. The molecule has 2 aromatic carbocycles. The van der Waals surface area contributed by atoms with Crippen molar-refractivity contribution < 1.29 is 18.0 Å². The van der Waals surface area contributed by atoms with Crippen molar-refractivity contribution in [1.29, 1.82) is 0 Å². The van der Waals surface area contributed by atoms with Crippen LogP contribution < -0.4 is 9.62 Å². The molecule has 0 aliphatic rings. The summed E-state index contributed by atoms with van der Waals surface area (Å²) in [7, 11) is -3.82. The number of unbranched alkanes of at least 4 members (excludes halogenated alkanes) is 1. The van der Waals surface area contributed by atoms with Crippen molar-refractivity contribution in [3.05, 3.63) is 62.0 Å². The van der Waals surface area contributed by atoms with Crippen molar-refractivity contribution in [1.82, 2.24) is 10.2 Å². The third-order valence-corrected chi connectivity index (χ3v) is 8.45. The fourth-order valence-electron chi connectivity index (χ4n) is 3.68. The Balaban J connectivity index is 2.48. The Morgan fingerprint density at radius 3 is 2.28 bits per heavy atom. The summed E-state index contributed by atoms with van der Waals surface area (Å²) in [5.74, 6) is -0.859. The van der Waals surface area contributed by atoms with Gasteiger partial charge in [0, 0.05) is 33.2 Å². The van der Waals surface area contributed by atoms with Gasteiger partial charge in [0.2, 0.25) is 21.8 Å². The second-order valence-electron chi connectivity index (χ2n) is 8.49. The Morgan fingerprint density at radius 2 is 1.75 bits per heavy atom. The zero-order valence-electron chi connectivity index (χ0n) is 20.9. The van der Waals surface area contributed by atoms with E-state index >= 15 is 0 Å². The SMILES string of the molecule is CCCCNC(=O)[C@H](CC)N(Cc1c(Cl)cccc1Cl)C(=O)CN(c1ccc(Br)c(C)c1)S(C)(=O)=O. The Morgan fingerprint density at radius 1 is 1.11 bits per heavy atom. The maximum absolute atomic E-state index is 13.7. The molecule has 1 N–H and O–H groups in total. The number of carbonyl (C=O) groups excluding carboxylic acids is 2. The van der Waals surface area contributed by atoms with E-state index in [0.29, 0.717) is 34.3 Å². The zero-order chi connectivity index (χ0) is 27.0. The second-order valence-corrected chi connectivity index (χ2v) is 12.1. The van der Waals surface area contributed by atoms with Gasteiger partial charge in [-0.05, 0) is 55.7 Å². The maximum Gasteiger partial charge on any atom is 0.244 e. The largest absolute Gasteiger partial charge is 0.354 e. The van der Waals surface area contributed by atoms with Crippen LogP contribution in [0.1, 0.15) is 44.2 Å². The summed E-state index contributed by atoms with van der Waals surface area (Å²) in [5.41, 5.74) is 1.65. The van der Waals surface area contributed by atoms with Gasteiger partial charge >= 0.3 is 0 Å². The van der Waals surface area contributed by atoms with Crippen molar-refractivity contribution in [2.75, 3.05) is 23.7 Å². The quantitative estimate of drug-likeness (QED) is 0.315. The molecule has 0 unspecified atom stereocenters. The van der Waals surface area contributed by atoms with Gasteiger partial charge in [-0.3, -0.25) is 13.9 Å². The Labute approximate surface area is 232 Å². The van der Waals surface area contributed by atoms with E-state index in [4.69, 9.17) is 23.2 Å². The molecule has 0 fully saturated rings. The van der Waals surface area contributed by atoms with Gasteiger partial charge in [0.05, 0.1) is 11.9 Å². The molecule has 2 rings (SSSR count). The summed E-state index contributed by atoms with van der Waals surface area (Å²) in [5, 5.41) is 3.58. The van der Waals surface area contributed by atoms with E-state index in [0.717, 1.165) is 33.4 Å². The number of nitrogens with one attached hydrogen (secondary N) is 1. The number of carbonyl (C=O) groups is 2. The van der Waals surface area contributed by atoms with Gasteiger partial charge in [0.25, 0.3) is 0 Å². The average molecular weight is 621 g/mol. The Hall–Kier alpha value is -1.81. The number of halogens is 3. The second kappa shape index (κ2) is 13.7. The first kappa shape index (κ1) is 30.4. The standard InChI is InChI=1S/C25H32BrCl2N3O4S/c1-5-7-13-29-25(33)23(6-2)30(15-19-21(27)9-8-10-22(19)28)24(32)16-31(36(4,34)35)18-11-12-20(26)17(3)14-18/h8-12,14,23H,5-7,13,15-16H2,1-4H3,(H,29,33)/t23-/m0/s1. The van der Waals surface area contributed by atoms with Crippen LogP contribution in [0.3, 0.4) is 0 Å². The highest BCUT2D eigenvalue weighted by Gasteiger charge is 2.32. The van der Waals surface area contributed by atoms with Gasteiger partial charge in [0.1, 0.15) is 12.6 Å². The van der Waals surface area contributed by atoms with Crippen molar-refractivity contribution >= 4 is 66.7 Å². The van der Waals surface area contributed by atoms with Crippen molar-refractivity contribution in [2.45, 2.75) is 52.6 Å². The van der Waals surface area contributed by atoms with Gasteiger partial charge in [-0.15, -0.1) is 0 Å². The highest BCUT2D eigenvalue weighted by atomic mass is 79.9. The first-order valence-corrected chi connectivity index (χ1v) is 15.0. The van der Waals surface area contributed by atoms with Crippen LogP contribution in [0, 0.1) is 6.92 Å². The van der Waals surface area contributed by atoms with Gasteiger partial charge < -0.3 is 10.2 Å². The lowest BCUT2D eigenvalue weighted by Gasteiger charge is -2.33. The Bertz CT molecular complexity index is 1170. The van der Waals surface area contributed by atoms with Crippen molar-refractivity contribution in [3.63, 3.8) is 0 Å². The lowest BCUT2D eigenvalue weighted by atomic mass is 10.1. The van der Waals surface area contributed by atoms with E-state index < -0.39 is 28.5 Å². The van der Waals surface area contributed by atoms with Crippen molar-refractivity contribution in [3.8, 4) is 0 Å². The third-order valence-electron chi connectivity index (χ3n) is 5.71. The zero-order valence-corrected chi connectivity index (χ0v) is 24.8. The normalized spacial score (nSPS) is 12.2. The van der Waals surface area contributed by atoms with Crippen molar-refractivity contribution in [2.24, 2.45) is 0 Å². The molecule has 36 heavy (non-hydrogen) atoms. The number of hydrogen-bond acceptors (Lipinski definition) is 4. The van der Waals surface area contributed by atoms with E-state index in [1.165, 1.54) is 4.90 Å². The number of amides is 2. The summed E-state index contributed by atoms with van der Waals surface area (Å²) in [6.45, 7) is 5.59. The molecule has 11 heteroatoms. The summed E-state index contributed by atoms with van der Waals surface area (Å²) in [6.07, 6.45) is 3.08. The monoisotopic (exact) mass is 619 g/mol. The molecule has 0 spiro atoms. The number of aryl methyl sites for hydroxylation is 1. The van der Waals surface area contributed by atoms with Crippen LogP contribution >= 0.6 is 39.1 Å². The molecule has 0 saturated heterocycles. The van der Waals surface area contributed by atoms with Crippen LogP contribution in [-0.4, -0.2) is 50.5 Å². The molecular weight excluding hydrogens is 589 g/mol. The first-order chi connectivity index (χ1) is 16.9. The number of hydrogen-bond donors (Lipinski definition) is 1. The minimum Gasteiger partial charge on any atom is -0.354 e. The maximum atomic E-state index is 13.7. The van der Waals surface area contributed by atoms with Crippen LogP contribution in [0.2, 0.25) is 10.0 Å². The molecule has 0 radical (unpaired) electrons. The number of benzene rings is 2. The minimum absolute atomic E-state index is 0.0476. The van der Waals surface area contributed by atoms with Gasteiger partial charge in [-0.2, -0.15) is 0 Å². The van der Waals surface area contributed by atoms with Gasteiger partial charge in [0.15, 0.2) is 0 Å². The highest BCUT2D eigenvalue weighted by molar-refractivity contribution is 9.10. The molecule has 2 amide bonds. The molecule has 0 bridgehead atoms. The molecule has 7 nitrogen and oxygen atoms in total. The van der Waals surface area contributed by atoms with E-state index in [9.17, 15) is 18.0 Å². The first-order valence-electron chi connectivity index (χ1n) is 11.6. The summed E-state index contributed by atoms with van der Waals surface area (Å²) < 4.78 is 27.3. The predicted molar refractivity (Wildman–Crippen MR) is 150 cm³/mol. The molecule has 0 aromatic heterocycles. The topological polar surface area (TPSA) is 86.8 Å². The Kier molecular flexibility index (Phi) is 11.5. The predicted octanol–water partition coefficient (Wildman–Crippen LogP) is 5.55. The minimum atomic E-state index is -3.82. The average Bonchev–Trinajstić information content (AvgIpc) is 2.80.